The van der Waals surface area contributed by atoms with Gasteiger partial charge in [0.2, 0.25) is 5.91 Å². The molecule has 1 aromatic rings. The summed E-state index contributed by atoms with van der Waals surface area (Å²) in [4.78, 5) is 15.9. The maximum atomic E-state index is 11.6. The van der Waals surface area contributed by atoms with Crippen molar-refractivity contribution in [2.75, 3.05) is 19.7 Å². The molecule has 1 aliphatic rings. The van der Waals surface area contributed by atoms with Crippen LogP contribution in [0.4, 0.5) is 0 Å². The largest absolute Gasteiger partial charge is 0.368 e. The molecule has 2 N–H and O–H groups in total. The van der Waals surface area contributed by atoms with Gasteiger partial charge < -0.3 is 15.4 Å². The minimum absolute atomic E-state index is 0.0702. The molecule has 5 nitrogen and oxygen atoms in total. The van der Waals surface area contributed by atoms with Crippen molar-refractivity contribution in [2.45, 2.75) is 32.4 Å². The minimum atomic E-state index is -0.0702. The summed E-state index contributed by atoms with van der Waals surface area (Å²) in [5, 5.41) is 9.06. The number of piperidine rings is 1. The van der Waals surface area contributed by atoms with Gasteiger partial charge in [-0.15, -0.1) is 11.3 Å². The number of hydrogen-bond acceptors (Lipinski definition) is 5. The van der Waals surface area contributed by atoms with E-state index in [1.807, 2.05) is 12.3 Å². The van der Waals surface area contributed by atoms with Gasteiger partial charge in [-0.2, -0.15) is 0 Å². The molecule has 100 valence electrons. The van der Waals surface area contributed by atoms with Crippen LogP contribution in [0.25, 0.3) is 0 Å². The number of rotatable bonds is 5. The normalized spacial score (nSPS) is 16.7. The molecule has 2 rings (SSSR count). The fourth-order valence-corrected chi connectivity index (χ4v) is 2.50. The lowest BCUT2D eigenvalue weighted by Crippen LogP contribution is -2.35. The standard InChI is InChI=1S/C12H19N3O2S/c1-9-15-10(8-18-9)6-14-12(16)7-17-11-2-4-13-5-3-11/h8,11,13H,2-7H2,1H3,(H,14,16). The van der Waals surface area contributed by atoms with Gasteiger partial charge in [0, 0.05) is 5.38 Å². The molecule has 2 heterocycles. The van der Waals surface area contributed by atoms with Gasteiger partial charge in [0.05, 0.1) is 23.4 Å². The fraction of sp³-hybridized carbons (Fsp3) is 0.667. The molecule has 0 atom stereocenters. The third-order valence-corrected chi connectivity index (χ3v) is 3.69. The van der Waals surface area contributed by atoms with Crippen molar-refractivity contribution in [2.24, 2.45) is 0 Å². The van der Waals surface area contributed by atoms with Gasteiger partial charge in [0.1, 0.15) is 6.61 Å². The number of nitrogens with zero attached hydrogens (tertiary/aromatic N) is 1. The smallest absolute Gasteiger partial charge is 0.246 e. The Hall–Kier alpha value is -0.980. The molecule has 6 heteroatoms. The third-order valence-electron chi connectivity index (χ3n) is 2.87. The average Bonchev–Trinajstić information content (AvgIpc) is 2.81. The predicted octanol–water partition coefficient (Wildman–Crippen LogP) is 0.836. The van der Waals surface area contributed by atoms with E-state index in [1.54, 1.807) is 11.3 Å². The van der Waals surface area contributed by atoms with E-state index in [9.17, 15) is 4.79 Å². The summed E-state index contributed by atoms with van der Waals surface area (Å²) < 4.78 is 5.57. The Morgan fingerprint density at radius 2 is 2.39 bits per heavy atom. The number of carbonyl (C=O) groups excluding carboxylic acids is 1. The van der Waals surface area contributed by atoms with Crippen LogP contribution in [0, 0.1) is 6.92 Å². The van der Waals surface area contributed by atoms with Crippen LogP contribution in [0.15, 0.2) is 5.38 Å². The van der Waals surface area contributed by atoms with E-state index >= 15 is 0 Å². The van der Waals surface area contributed by atoms with Crippen LogP contribution in [-0.4, -0.2) is 36.7 Å². The summed E-state index contributed by atoms with van der Waals surface area (Å²) in [5.74, 6) is -0.0702. The lowest BCUT2D eigenvalue weighted by Gasteiger charge is -2.22. The number of ether oxygens (including phenoxy) is 1. The second-order valence-corrected chi connectivity index (χ2v) is 5.46. The van der Waals surface area contributed by atoms with Crippen molar-refractivity contribution in [1.29, 1.82) is 0 Å². The van der Waals surface area contributed by atoms with E-state index in [0.717, 1.165) is 36.6 Å². The quantitative estimate of drug-likeness (QED) is 0.831. The van der Waals surface area contributed by atoms with Gasteiger partial charge in [-0.1, -0.05) is 0 Å². The molecule has 1 aromatic heterocycles. The molecular formula is C12H19N3O2S. The number of amides is 1. The summed E-state index contributed by atoms with van der Waals surface area (Å²) in [6.45, 7) is 4.54. The van der Waals surface area contributed by atoms with E-state index in [1.165, 1.54) is 0 Å². The first kappa shape index (κ1) is 13.5. The van der Waals surface area contributed by atoms with E-state index in [-0.39, 0.29) is 18.6 Å². The van der Waals surface area contributed by atoms with E-state index in [4.69, 9.17) is 4.74 Å². The monoisotopic (exact) mass is 269 g/mol. The topological polar surface area (TPSA) is 63.2 Å². The summed E-state index contributed by atoms with van der Waals surface area (Å²) in [6.07, 6.45) is 2.19. The maximum absolute atomic E-state index is 11.6. The van der Waals surface area contributed by atoms with E-state index in [2.05, 4.69) is 15.6 Å². The predicted molar refractivity (Wildman–Crippen MR) is 70.5 cm³/mol. The highest BCUT2D eigenvalue weighted by Gasteiger charge is 2.14. The van der Waals surface area contributed by atoms with E-state index < -0.39 is 0 Å². The van der Waals surface area contributed by atoms with Crippen LogP contribution < -0.4 is 10.6 Å². The molecule has 0 aliphatic carbocycles. The first-order chi connectivity index (χ1) is 8.74. The molecule has 0 bridgehead atoms. The maximum Gasteiger partial charge on any atom is 0.246 e. The van der Waals surface area contributed by atoms with Crippen molar-refractivity contribution in [3.05, 3.63) is 16.1 Å². The molecule has 0 saturated carbocycles. The molecule has 0 spiro atoms. The minimum Gasteiger partial charge on any atom is -0.368 e. The zero-order chi connectivity index (χ0) is 12.8. The molecule has 1 saturated heterocycles. The van der Waals surface area contributed by atoms with Crippen LogP contribution in [0.2, 0.25) is 0 Å². The van der Waals surface area contributed by atoms with E-state index in [0.29, 0.717) is 6.54 Å². The molecular weight excluding hydrogens is 250 g/mol. The van der Waals surface area contributed by atoms with Crippen molar-refractivity contribution in [3.63, 3.8) is 0 Å². The molecule has 0 unspecified atom stereocenters. The Kier molecular flexibility index (Phi) is 5.10. The van der Waals surface area contributed by atoms with Crippen molar-refractivity contribution >= 4 is 17.2 Å². The summed E-state index contributed by atoms with van der Waals surface area (Å²) in [7, 11) is 0. The zero-order valence-electron chi connectivity index (χ0n) is 10.6. The van der Waals surface area contributed by atoms with Gasteiger partial charge in [0.15, 0.2) is 0 Å². The number of carbonyl (C=O) groups is 1. The first-order valence-corrected chi connectivity index (χ1v) is 7.12. The lowest BCUT2D eigenvalue weighted by atomic mass is 10.1. The Balaban J connectivity index is 1.62. The van der Waals surface area contributed by atoms with Crippen molar-refractivity contribution in [1.82, 2.24) is 15.6 Å². The lowest BCUT2D eigenvalue weighted by molar-refractivity contribution is -0.128. The van der Waals surface area contributed by atoms with Crippen LogP contribution in [0.5, 0.6) is 0 Å². The van der Waals surface area contributed by atoms with Gasteiger partial charge in [-0.3, -0.25) is 4.79 Å². The molecule has 0 aromatic carbocycles. The van der Waals surface area contributed by atoms with Crippen molar-refractivity contribution in [3.8, 4) is 0 Å². The second-order valence-electron chi connectivity index (χ2n) is 4.39. The number of aromatic nitrogens is 1. The molecule has 18 heavy (non-hydrogen) atoms. The SMILES string of the molecule is Cc1nc(CNC(=O)COC2CCNCC2)cs1. The molecule has 1 fully saturated rings. The summed E-state index contributed by atoms with van der Waals surface area (Å²) in [6, 6.07) is 0. The Bertz CT molecular complexity index is 388. The second kappa shape index (κ2) is 6.82. The Morgan fingerprint density at radius 3 is 3.06 bits per heavy atom. The zero-order valence-corrected chi connectivity index (χ0v) is 11.4. The average molecular weight is 269 g/mol. The van der Waals surface area contributed by atoms with Crippen LogP contribution >= 0.6 is 11.3 Å². The number of aryl methyl sites for hydroxylation is 1. The number of thiazole rings is 1. The summed E-state index contributed by atoms with van der Waals surface area (Å²) >= 11 is 1.59. The molecule has 1 aliphatic heterocycles. The molecule has 1 amide bonds. The highest BCUT2D eigenvalue weighted by atomic mass is 32.1. The highest BCUT2D eigenvalue weighted by molar-refractivity contribution is 7.09. The number of nitrogens with one attached hydrogen (secondary N) is 2. The van der Waals surface area contributed by atoms with Crippen LogP contribution in [0.1, 0.15) is 23.5 Å². The molecule has 0 radical (unpaired) electrons. The highest BCUT2D eigenvalue weighted by Crippen LogP contribution is 2.08. The summed E-state index contributed by atoms with van der Waals surface area (Å²) in [5.41, 5.74) is 0.910. The Morgan fingerprint density at radius 1 is 1.61 bits per heavy atom. The van der Waals surface area contributed by atoms with Crippen LogP contribution in [0.3, 0.4) is 0 Å². The number of hydrogen-bond donors (Lipinski definition) is 2. The van der Waals surface area contributed by atoms with Gasteiger partial charge >= 0.3 is 0 Å². The van der Waals surface area contributed by atoms with Crippen molar-refractivity contribution < 1.29 is 9.53 Å². The van der Waals surface area contributed by atoms with Crippen LogP contribution in [-0.2, 0) is 16.1 Å². The third kappa shape index (κ3) is 4.36. The fourth-order valence-electron chi connectivity index (χ4n) is 1.89. The van der Waals surface area contributed by atoms with Gasteiger partial charge in [0.25, 0.3) is 0 Å². The van der Waals surface area contributed by atoms with Gasteiger partial charge in [-0.05, 0) is 32.9 Å². The van der Waals surface area contributed by atoms with Gasteiger partial charge in [-0.25, -0.2) is 4.98 Å². The Labute approximate surface area is 111 Å². The first-order valence-electron chi connectivity index (χ1n) is 6.24.